The lowest BCUT2D eigenvalue weighted by atomic mass is 9.96. The first-order chi connectivity index (χ1) is 10.2. The molecular formula is C17H27N3O. The van der Waals surface area contributed by atoms with Crippen LogP contribution in [0, 0.1) is 0 Å². The fraction of sp³-hybridized carbons (Fsp3) is 0.588. The summed E-state index contributed by atoms with van der Waals surface area (Å²) in [6.07, 6.45) is 3.97. The Hall–Kier alpha value is -1.55. The topological polar surface area (TPSA) is 56.7 Å². The molecule has 0 heterocycles. The van der Waals surface area contributed by atoms with Crippen LogP contribution < -0.4 is 10.6 Å². The SMILES string of the molecule is CCCCNC(=NCC1(O)CCc2ccccc21)NCC. The molecule has 0 aromatic heterocycles. The largest absolute Gasteiger partial charge is 0.383 e. The maximum Gasteiger partial charge on any atom is 0.191 e. The van der Waals surface area contributed by atoms with Crippen molar-refractivity contribution in [3.8, 4) is 0 Å². The van der Waals surface area contributed by atoms with Gasteiger partial charge in [-0.25, -0.2) is 4.99 Å². The molecule has 1 aromatic rings. The molecule has 1 aliphatic carbocycles. The van der Waals surface area contributed by atoms with Crippen molar-refractivity contribution in [2.24, 2.45) is 4.99 Å². The van der Waals surface area contributed by atoms with Gasteiger partial charge in [-0.15, -0.1) is 0 Å². The molecule has 116 valence electrons. The number of aliphatic imine (C=N–C) groups is 1. The van der Waals surface area contributed by atoms with Crippen LogP contribution in [0.3, 0.4) is 0 Å². The third kappa shape index (κ3) is 3.97. The first-order valence-electron chi connectivity index (χ1n) is 8.02. The van der Waals surface area contributed by atoms with E-state index in [1.165, 1.54) is 5.56 Å². The van der Waals surface area contributed by atoms with E-state index in [9.17, 15) is 5.11 Å². The lowest BCUT2D eigenvalue weighted by molar-refractivity contribution is 0.0485. The second kappa shape index (κ2) is 7.46. The molecule has 21 heavy (non-hydrogen) atoms. The van der Waals surface area contributed by atoms with E-state index in [2.05, 4.69) is 35.5 Å². The first kappa shape index (κ1) is 15.8. The van der Waals surface area contributed by atoms with E-state index in [-0.39, 0.29) is 0 Å². The van der Waals surface area contributed by atoms with Crippen LogP contribution >= 0.6 is 0 Å². The summed E-state index contributed by atoms with van der Waals surface area (Å²) in [4.78, 5) is 4.58. The van der Waals surface area contributed by atoms with Gasteiger partial charge < -0.3 is 15.7 Å². The Bertz CT molecular complexity index is 487. The summed E-state index contributed by atoms with van der Waals surface area (Å²) in [6.45, 7) is 6.37. The summed E-state index contributed by atoms with van der Waals surface area (Å²) in [5, 5.41) is 17.4. The Balaban J connectivity index is 2.03. The van der Waals surface area contributed by atoms with E-state index in [0.29, 0.717) is 6.54 Å². The molecule has 2 rings (SSSR count). The second-order valence-electron chi connectivity index (χ2n) is 5.66. The third-order valence-electron chi connectivity index (χ3n) is 3.99. The first-order valence-corrected chi connectivity index (χ1v) is 8.02. The Labute approximate surface area is 127 Å². The van der Waals surface area contributed by atoms with Crippen LogP contribution in [0.5, 0.6) is 0 Å². The molecular weight excluding hydrogens is 262 g/mol. The van der Waals surface area contributed by atoms with Gasteiger partial charge in [0.05, 0.1) is 6.54 Å². The van der Waals surface area contributed by atoms with Crippen molar-refractivity contribution in [3.05, 3.63) is 35.4 Å². The summed E-state index contributed by atoms with van der Waals surface area (Å²) < 4.78 is 0. The van der Waals surface area contributed by atoms with Crippen LogP contribution in [0.2, 0.25) is 0 Å². The summed E-state index contributed by atoms with van der Waals surface area (Å²) in [6, 6.07) is 8.14. The van der Waals surface area contributed by atoms with Gasteiger partial charge in [-0.2, -0.15) is 0 Å². The van der Waals surface area contributed by atoms with Crippen LogP contribution in [-0.4, -0.2) is 30.7 Å². The highest BCUT2D eigenvalue weighted by molar-refractivity contribution is 5.79. The van der Waals surface area contributed by atoms with Crippen molar-refractivity contribution < 1.29 is 5.11 Å². The molecule has 0 saturated carbocycles. The lowest BCUT2D eigenvalue weighted by Gasteiger charge is -2.22. The highest BCUT2D eigenvalue weighted by Crippen LogP contribution is 2.36. The summed E-state index contributed by atoms with van der Waals surface area (Å²) in [5.41, 5.74) is 1.47. The van der Waals surface area contributed by atoms with Gasteiger partial charge in [0, 0.05) is 13.1 Å². The van der Waals surface area contributed by atoms with Crippen LogP contribution in [-0.2, 0) is 12.0 Å². The molecule has 0 bridgehead atoms. The number of hydrogen-bond donors (Lipinski definition) is 3. The number of hydrogen-bond acceptors (Lipinski definition) is 2. The van der Waals surface area contributed by atoms with Crippen LogP contribution in [0.1, 0.15) is 44.2 Å². The van der Waals surface area contributed by atoms with Gasteiger partial charge in [0.15, 0.2) is 5.96 Å². The Morgan fingerprint density at radius 2 is 2.10 bits per heavy atom. The molecule has 0 radical (unpaired) electrons. The van der Waals surface area contributed by atoms with Crippen molar-refractivity contribution in [2.45, 2.75) is 45.1 Å². The maximum absolute atomic E-state index is 10.9. The number of benzene rings is 1. The average Bonchev–Trinajstić information content (AvgIpc) is 2.84. The molecule has 1 atom stereocenters. The zero-order valence-electron chi connectivity index (χ0n) is 13.2. The zero-order valence-corrected chi connectivity index (χ0v) is 13.2. The fourth-order valence-electron chi connectivity index (χ4n) is 2.77. The van der Waals surface area contributed by atoms with E-state index in [4.69, 9.17) is 0 Å². The standard InChI is InChI=1S/C17H27N3O/c1-3-5-12-19-16(18-4-2)20-13-17(21)11-10-14-8-6-7-9-15(14)17/h6-9,21H,3-5,10-13H2,1-2H3,(H2,18,19,20). The number of aliphatic hydroxyl groups is 1. The molecule has 1 aromatic carbocycles. The summed E-state index contributed by atoms with van der Waals surface area (Å²) in [5.74, 6) is 0.795. The highest BCUT2D eigenvalue weighted by atomic mass is 16.3. The van der Waals surface area contributed by atoms with Crippen LogP contribution in [0.25, 0.3) is 0 Å². The fourth-order valence-corrected chi connectivity index (χ4v) is 2.77. The van der Waals surface area contributed by atoms with Crippen molar-refractivity contribution in [3.63, 3.8) is 0 Å². The molecule has 1 unspecified atom stereocenters. The molecule has 0 saturated heterocycles. The van der Waals surface area contributed by atoms with E-state index in [0.717, 1.165) is 50.3 Å². The van der Waals surface area contributed by atoms with E-state index in [1.807, 2.05) is 18.2 Å². The zero-order chi connectivity index (χ0) is 15.1. The lowest BCUT2D eigenvalue weighted by Crippen LogP contribution is -2.39. The normalized spacial score (nSPS) is 21.2. The van der Waals surface area contributed by atoms with Crippen molar-refractivity contribution in [1.29, 1.82) is 0 Å². The number of guanidine groups is 1. The minimum absolute atomic E-state index is 0.408. The minimum atomic E-state index is -0.816. The molecule has 4 heteroatoms. The number of rotatable bonds is 6. The minimum Gasteiger partial charge on any atom is -0.383 e. The van der Waals surface area contributed by atoms with Crippen LogP contribution in [0.4, 0.5) is 0 Å². The third-order valence-corrected chi connectivity index (χ3v) is 3.99. The molecule has 0 spiro atoms. The summed E-state index contributed by atoms with van der Waals surface area (Å²) >= 11 is 0. The second-order valence-corrected chi connectivity index (χ2v) is 5.66. The Kier molecular flexibility index (Phi) is 5.62. The smallest absolute Gasteiger partial charge is 0.191 e. The van der Waals surface area contributed by atoms with Crippen LogP contribution in [0.15, 0.2) is 29.3 Å². The van der Waals surface area contributed by atoms with Gasteiger partial charge in [0.1, 0.15) is 5.60 Å². The van der Waals surface area contributed by atoms with E-state index in [1.54, 1.807) is 0 Å². The number of nitrogens with one attached hydrogen (secondary N) is 2. The molecule has 4 nitrogen and oxygen atoms in total. The maximum atomic E-state index is 10.9. The quantitative estimate of drug-likeness (QED) is 0.427. The average molecular weight is 289 g/mol. The number of nitrogens with zero attached hydrogens (tertiary/aromatic N) is 1. The van der Waals surface area contributed by atoms with Gasteiger partial charge in [-0.1, -0.05) is 37.6 Å². The van der Waals surface area contributed by atoms with Gasteiger partial charge in [-0.3, -0.25) is 0 Å². The molecule has 1 aliphatic rings. The predicted molar refractivity (Wildman–Crippen MR) is 87.5 cm³/mol. The molecule has 3 N–H and O–H groups in total. The van der Waals surface area contributed by atoms with Crippen molar-refractivity contribution in [2.75, 3.05) is 19.6 Å². The summed E-state index contributed by atoms with van der Waals surface area (Å²) in [7, 11) is 0. The van der Waals surface area contributed by atoms with Gasteiger partial charge >= 0.3 is 0 Å². The van der Waals surface area contributed by atoms with Gasteiger partial charge in [0.2, 0.25) is 0 Å². The molecule has 0 aliphatic heterocycles. The van der Waals surface area contributed by atoms with Gasteiger partial charge in [-0.05, 0) is 37.3 Å². The predicted octanol–water partition coefficient (Wildman–Crippen LogP) is 2.18. The Morgan fingerprint density at radius 3 is 2.86 bits per heavy atom. The highest BCUT2D eigenvalue weighted by Gasteiger charge is 2.36. The number of aryl methyl sites for hydroxylation is 1. The molecule has 0 amide bonds. The van der Waals surface area contributed by atoms with E-state index >= 15 is 0 Å². The number of unbranched alkanes of at least 4 members (excludes halogenated alkanes) is 1. The monoisotopic (exact) mass is 289 g/mol. The van der Waals surface area contributed by atoms with Crippen molar-refractivity contribution in [1.82, 2.24) is 10.6 Å². The molecule has 0 fully saturated rings. The van der Waals surface area contributed by atoms with E-state index < -0.39 is 5.60 Å². The number of fused-ring (bicyclic) bond motifs is 1. The van der Waals surface area contributed by atoms with Crippen molar-refractivity contribution >= 4 is 5.96 Å². The Morgan fingerprint density at radius 1 is 1.29 bits per heavy atom. The van der Waals surface area contributed by atoms with Gasteiger partial charge in [0.25, 0.3) is 0 Å².